The molecule has 0 saturated carbocycles. The van der Waals surface area contributed by atoms with Crippen molar-refractivity contribution < 1.29 is 4.74 Å². The molecule has 5 nitrogen and oxygen atoms in total. The fourth-order valence-electron chi connectivity index (χ4n) is 1.73. The monoisotopic (exact) mass is 322 g/mol. The van der Waals surface area contributed by atoms with Crippen molar-refractivity contribution in [1.82, 2.24) is 9.97 Å². The highest BCUT2D eigenvalue weighted by molar-refractivity contribution is 9.10. The van der Waals surface area contributed by atoms with Crippen LogP contribution in [-0.4, -0.2) is 17.1 Å². The van der Waals surface area contributed by atoms with Gasteiger partial charge in [0.1, 0.15) is 11.6 Å². The zero-order valence-electron chi connectivity index (χ0n) is 10.8. The number of nitrogens with zero attached hydrogens (tertiary/aromatic N) is 2. The van der Waals surface area contributed by atoms with E-state index in [1.54, 1.807) is 7.11 Å². The van der Waals surface area contributed by atoms with Crippen molar-refractivity contribution in [2.45, 2.75) is 13.3 Å². The molecular weight excluding hydrogens is 308 g/mol. The number of hydrazine groups is 1. The first-order chi connectivity index (χ1) is 9.17. The molecule has 0 amide bonds. The summed E-state index contributed by atoms with van der Waals surface area (Å²) >= 11 is 3.44. The molecule has 0 spiro atoms. The summed E-state index contributed by atoms with van der Waals surface area (Å²) < 4.78 is 6.29. The lowest BCUT2D eigenvalue weighted by atomic mass is 10.1. The molecule has 0 radical (unpaired) electrons. The molecule has 0 aliphatic carbocycles. The second-order valence-corrected chi connectivity index (χ2v) is 4.83. The summed E-state index contributed by atoms with van der Waals surface area (Å²) in [5, 5.41) is 0. The maximum Gasteiger partial charge on any atom is 0.165 e. The summed E-state index contributed by atoms with van der Waals surface area (Å²) in [5.74, 6) is 7.34. The molecule has 19 heavy (non-hydrogen) atoms. The number of aryl methyl sites for hydroxylation is 1. The van der Waals surface area contributed by atoms with E-state index in [1.165, 1.54) is 0 Å². The van der Waals surface area contributed by atoms with Crippen LogP contribution >= 0.6 is 15.9 Å². The molecule has 0 fully saturated rings. The fraction of sp³-hybridized carbons (Fsp3) is 0.231. The summed E-state index contributed by atoms with van der Waals surface area (Å²) in [6.45, 7) is 2.03. The Balaban J connectivity index is 2.60. The van der Waals surface area contributed by atoms with Crippen LogP contribution in [0.2, 0.25) is 0 Å². The first-order valence-electron chi connectivity index (χ1n) is 5.86. The second kappa shape index (κ2) is 5.99. The van der Waals surface area contributed by atoms with Crippen LogP contribution in [0.4, 0.5) is 5.82 Å². The van der Waals surface area contributed by atoms with E-state index in [1.807, 2.05) is 31.2 Å². The molecule has 1 aromatic carbocycles. The number of benzene rings is 1. The number of hydrogen-bond donors (Lipinski definition) is 2. The Morgan fingerprint density at radius 3 is 2.74 bits per heavy atom. The van der Waals surface area contributed by atoms with Crippen molar-refractivity contribution in [3.8, 4) is 17.1 Å². The van der Waals surface area contributed by atoms with Crippen LogP contribution in [-0.2, 0) is 6.42 Å². The van der Waals surface area contributed by atoms with Gasteiger partial charge in [0.25, 0.3) is 0 Å². The normalized spacial score (nSPS) is 10.3. The second-order valence-electron chi connectivity index (χ2n) is 3.91. The van der Waals surface area contributed by atoms with Crippen molar-refractivity contribution in [2.24, 2.45) is 5.84 Å². The van der Waals surface area contributed by atoms with Gasteiger partial charge in [-0.25, -0.2) is 15.8 Å². The Hall–Kier alpha value is -1.66. The molecule has 0 unspecified atom stereocenters. The molecule has 0 bridgehead atoms. The summed E-state index contributed by atoms with van der Waals surface area (Å²) in [6.07, 6.45) is 0.806. The van der Waals surface area contributed by atoms with E-state index in [9.17, 15) is 0 Å². The van der Waals surface area contributed by atoms with E-state index in [0.29, 0.717) is 11.6 Å². The van der Waals surface area contributed by atoms with Crippen molar-refractivity contribution in [2.75, 3.05) is 12.5 Å². The number of halogens is 1. The van der Waals surface area contributed by atoms with E-state index in [4.69, 9.17) is 10.6 Å². The van der Waals surface area contributed by atoms with Crippen LogP contribution < -0.4 is 16.0 Å². The Kier molecular flexibility index (Phi) is 4.34. The lowest BCUT2D eigenvalue weighted by Gasteiger charge is -2.10. The minimum absolute atomic E-state index is 0.587. The molecule has 2 aromatic rings. The molecule has 0 saturated heterocycles. The van der Waals surface area contributed by atoms with Gasteiger partial charge in [0.05, 0.1) is 12.7 Å². The standard InChI is InChI=1S/C13H15BrN4O/c1-3-9-7-12(18-15)17-13(16-9)10-6-8(14)4-5-11(10)19-2/h4-7H,3,15H2,1-2H3,(H,16,17,18). The Labute approximate surface area is 120 Å². The molecule has 0 aliphatic rings. The zero-order valence-corrected chi connectivity index (χ0v) is 12.4. The van der Waals surface area contributed by atoms with Crippen molar-refractivity contribution in [3.05, 3.63) is 34.4 Å². The van der Waals surface area contributed by atoms with Gasteiger partial charge < -0.3 is 10.2 Å². The minimum atomic E-state index is 0.587. The predicted octanol–water partition coefficient (Wildman–Crippen LogP) is 2.76. The molecule has 1 aromatic heterocycles. The summed E-state index contributed by atoms with van der Waals surface area (Å²) in [6, 6.07) is 7.53. The summed E-state index contributed by atoms with van der Waals surface area (Å²) in [4.78, 5) is 8.88. The third kappa shape index (κ3) is 3.02. The van der Waals surface area contributed by atoms with Gasteiger partial charge in [0.2, 0.25) is 0 Å². The van der Waals surface area contributed by atoms with Gasteiger partial charge in [-0.3, -0.25) is 0 Å². The van der Waals surface area contributed by atoms with Crippen LogP contribution in [0.1, 0.15) is 12.6 Å². The largest absolute Gasteiger partial charge is 0.496 e. The van der Waals surface area contributed by atoms with E-state index >= 15 is 0 Å². The predicted molar refractivity (Wildman–Crippen MR) is 78.9 cm³/mol. The number of nitrogens with two attached hydrogens (primary N) is 1. The number of anilines is 1. The SMILES string of the molecule is CCc1cc(NN)nc(-c2cc(Br)ccc2OC)n1. The van der Waals surface area contributed by atoms with E-state index < -0.39 is 0 Å². The Bertz CT molecular complexity index is 567. The highest BCUT2D eigenvalue weighted by Gasteiger charge is 2.11. The van der Waals surface area contributed by atoms with Gasteiger partial charge in [-0.1, -0.05) is 22.9 Å². The fourth-order valence-corrected chi connectivity index (χ4v) is 2.09. The number of aromatic nitrogens is 2. The van der Waals surface area contributed by atoms with Gasteiger partial charge in [-0.2, -0.15) is 0 Å². The van der Waals surface area contributed by atoms with Gasteiger partial charge in [0, 0.05) is 16.2 Å². The Morgan fingerprint density at radius 2 is 2.11 bits per heavy atom. The molecule has 2 rings (SSSR count). The third-order valence-electron chi connectivity index (χ3n) is 2.69. The van der Waals surface area contributed by atoms with Crippen LogP contribution in [0, 0.1) is 0 Å². The van der Waals surface area contributed by atoms with Gasteiger partial charge in [0.15, 0.2) is 5.82 Å². The van der Waals surface area contributed by atoms with Crippen LogP contribution in [0.5, 0.6) is 5.75 Å². The van der Waals surface area contributed by atoms with E-state index in [0.717, 1.165) is 27.9 Å². The lowest BCUT2D eigenvalue weighted by Crippen LogP contribution is -2.10. The van der Waals surface area contributed by atoms with Crippen LogP contribution in [0.25, 0.3) is 11.4 Å². The zero-order chi connectivity index (χ0) is 13.8. The van der Waals surface area contributed by atoms with E-state index in [-0.39, 0.29) is 0 Å². The summed E-state index contributed by atoms with van der Waals surface area (Å²) in [7, 11) is 1.62. The van der Waals surface area contributed by atoms with Crippen molar-refractivity contribution in [3.63, 3.8) is 0 Å². The molecule has 0 aliphatic heterocycles. The molecule has 1 heterocycles. The van der Waals surface area contributed by atoms with Gasteiger partial charge in [-0.15, -0.1) is 0 Å². The first kappa shape index (κ1) is 13.8. The first-order valence-corrected chi connectivity index (χ1v) is 6.65. The summed E-state index contributed by atoms with van der Waals surface area (Å²) in [5.41, 5.74) is 4.30. The quantitative estimate of drug-likeness (QED) is 0.669. The number of nitrogens with one attached hydrogen (secondary N) is 1. The molecular formula is C13H15BrN4O. The topological polar surface area (TPSA) is 73.1 Å². The number of rotatable bonds is 4. The van der Waals surface area contributed by atoms with Crippen LogP contribution in [0.3, 0.4) is 0 Å². The molecule has 3 N–H and O–H groups in total. The lowest BCUT2D eigenvalue weighted by molar-refractivity contribution is 0.416. The smallest absolute Gasteiger partial charge is 0.165 e. The maximum absolute atomic E-state index is 5.44. The maximum atomic E-state index is 5.44. The third-order valence-corrected chi connectivity index (χ3v) is 3.18. The van der Waals surface area contributed by atoms with E-state index in [2.05, 4.69) is 31.3 Å². The van der Waals surface area contributed by atoms with Crippen LogP contribution in [0.15, 0.2) is 28.7 Å². The molecule has 6 heteroatoms. The number of nitrogen functional groups attached to an aromatic ring is 1. The van der Waals surface area contributed by atoms with Crippen molar-refractivity contribution in [1.29, 1.82) is 0 Å². The Morgan fingerprint density at radius 1 is 1.32 bits per heavy atom. The average molecular weight is 323 g/mol. The number of methoxy groups -OCH3 is 1. The molecule has 0 atom stereocenters. The highest BCUT2D eigenvalue weighted by atomic mass is 79.9. The number of ether oxygens (including phenoxy) is 1. The van der Waals surface area contributed by atoms with Crippen molar-refractivity contribution >= 4 is 21.7 Å². The highest BCUT2D eigenvalue weighted by Crippen LogP contribution is 2.31. The van der Waals surface area contributed by atoms with Gasteiger partial charge in [-0.05, 0) is 24.6 Å². The average Bonchev–Trinajstić information content (AvgIpc) is 2.46. The minimum Gasteiger partial charge on any atom is -0.496 e. The number of hydrogen-bond acceptors (Lipinski definition) is 5. The molecule has 100 valence electrons. The van der Waals surface area contributed by atoms with Gasteiger partial charge >= 0.3 is 0 Å².